The third-order valence-corrected chi connectivity index (χ3v) is 10.3. The first-order valence-corrected chi connectivity index (χ1v) is 19.0. The number of rotatable bonds is 16. The number of H-pyrrole nitrogens is 1. The number of aromatic amines is 1. The average Bonchev–Trinajstić information content (AvgIpc) is 3.14. The number of nitrogens with one attached hydrogen (secondary N) is 2. The molecule has 53 heavy (non-hydrogen) atoms. The Balaban J connectivity index is 1.21. The molecule has 2 aliphatic rings. The Kier molecular flexibility index (Phi) is 14.5. The number of carbonyl (C=O) groups excluding carboxylic acids is 2. The number of hydrogen-bond donors (Lipinski definition) is 3. The van der Waals surface area contributed by atoms with Crippen molar-refractivity contribution in [2.24, 2.45) is 5.73 Å². The number of carbonyl (C=O) groups is 2. The monoisotopic (exact) mass is 737 g/mol. The van der Waals surface area contributed by atoms with Crippen molar-refractivity contribution in [3.05, 3.63) is 81.8 Å². The van der Waals surface area contributed by atoms with Gasteiger partial charge in [0.25, 0.3) is 5.91 Å². The van der Waals surface area contributed by atoms with Gasteiger partial charge in [-0.15, -0.1) is 0 Å². The van der Waals surface area contributed by atoms with Gasteiger partial charge in [0.1, 0.15) is 0 Å². The fourth-order valence-electron chi connectivity index (χ4n) is 7.12. The highest BCUT2D eigenvalue weighted by atomic mass is 19.4. The molecule has 3 heterocycles. The van der Waals surface area contributed by atoms with Gasteiger partial charge in [-0.2, -0.15) is 13.2 Å². The van der Waals surface area contributed by atoms with Gasteiger partial charge in [-0.3, -0.25) is 19.3 Å². The van der Waals surface area contributed by atoms with E-state index in [1.165, 1.54) is 32.1 Å². The van der Waals surface area contributed by atoms with Crippen LogP contribution in [0.2, 0.25) is 0 Å². The number of likely N-dealkylation sites (N-methyl/N-ethyl adjacent to an activating group) is 1. The lowest BCUT2D eigenvalue weighted by Gasteiger charge is -2.35. The van der Waals surface area contributed by atoms with Gasteiger partial charge in [0.05, 0.1) is 22.5 Å². The zero-order valence-corrected chi connectivity index (χ0v) is 30.9. The molecule has 1 aromatic heterocycles. The maximum atomic E-state index is 13.8. The minimum absolute atomic E-state index is 0.243. The second kappa shape index (κ2) is 19.2. The molecule has 0 unspecified atom stereocenters. The van der Waals surface area contributed by atoms with E-state index >= 15 is 0 Å². The van der Waals surface area contributed by atoms with Gasteiger partial charge >= 0.3 is 6.18 Å². The summed E-state index contributed by atoms with van der Waals surface area (Å²) in [5.41, 5.74) is 6.59. The van der Waals surface area contributed by atoms with Crippen LogP contribution in [0.5, 0.6) is 0 Å². The van der Waals surface area contributed by atoms with Crippen LogP contribution in [0.1, 0.15) is 79.3 Å². The highest BCUT2D eigenvalue weighted by Crippen LogP contribution is 2.35. The Morgan fingerprint density at radius 2 is 1.47 bits per heavy atom. The van der Waals surface area contributed by atoms with Crippen molar-refractivity contribution in [3.8, 4) is 11.1 Å². The summed E-state index contributed by atoms with van der Waals surface area (Å²) in [4.78, 5) is 48.8. The molecule has 2 aliphatic heterocycles. The first-order valence-electron chi connectivity index (χ1n) is 19.0. The minimum atomic E-state index is -4.88. The SMILES string of the molecule is CN1CCN(c2ccc(-c3cccc(CN4CCN(C(=O)CCCCCCCCCCN)CC4)c3)cc2NC(=O)c2c[nH]c(=O)cc2C(F)(F)F)CC1. The summed E-state index contributed by atoms with van der Waals surface area (Å²) in [6.07, 6.45) is 5.79. The zero-order chi connectivity index (χ0) is 37.8. The summed E-state index contributed by atoms with van der Waals surface area (Å²) in [5, 5.41) is 2.74. The van der Waals surface area contributed by atoms with E-state index in [0.717, 1.165) is 81.4 Å². The molecular weight excluding hydrogens is 683 g/mol. The molecule has 13 heteroatoms. The van der Waals surface area contributed by atoms with Gasteiger partial charge in [0.2, 0.25) is 11.5 Å². The maximum absolute atomic E-state index is 13.8. The van der Waals surface area contributed by atoms with E-state index in [4.69, 9.17) is 5.73 Å². The van der Waals surface area contributed by atoms with Gasteiger partial charge in [-0.25, -0.2) is 0 Å². The zero-order valence-electron chi connectivity index (χ0n) is 30.9. The molecular formula is C40H54F3N7O3. The summed E-state index contributed by atoms with van der Waals surface area (Å²) in [6, 6.07) is 14.2. The van der Waals surface area contributed by atoms with Gasteiger partial charge in [0.15, 0.2) is 0 Å². The third kappa shape index (κ3) is 11.6. The molecule has 2 fully saturated rings. The lowest BCUT2D eigenvalue weighted by Crippen LogP contribution is -2.48. The molecule has 0 bridgehead atoms. The van der Waals surface area contributed by atoms with Crippen molar-refractivity contribution >= 4 is 23.2 Å². The molecule has 0 spiro atoms. The molecule has 2 amide bonds. The number of piperazine rings is 2. The van der Waals surface area contributed by atoms with Crippen LogP contribution < -0.4 is 21.5 Å². The van der Waals surface area contributed by atoms with Crippen LogP contribution in [-0.4, -0.2) is 97.4 Å². The number of aromatic nitrogens is 1. The Morgan fingerprint density at radius 1 is 0.811 bits per heavy atom. The highest BCUT2D eigenvalue weighted by molar-refractivity contribution is 6.07. The average molecular weight is 738 g/mol. The van der Waals surface area contributed by atoms with E-state index in [1.807, 2.05) is 36.2 Å². The van der Waals surface area contributed by atoms with E-state index in [-0.39, 0.29) is 5.91 Å². The van der Waals surface area contributed by atoms with Crippen molar-refractivity contribution in [3.63, 3.8) is 0 Å². The largest absolute Gasteiger partial charge is 0.417 e. The molecule has 288 valence electrons. The van der Waals surface area contributed by atoms with Crippen LogP contribution in [0.3, 0.4) is 0 Å². The van der Waals surface area contributed by atoms with Crippen molar-refractivity contribution in [1.29, 1.82) is 0 Å². The number of anilines is 2. The van der Waals surface area contributed by atoms with Gasteiger partial charge in [-0.05, 0) is 61.3 Å². The predicted molar refractivity (Wildman–Crippen MR) is 204 cm³/mol. The highest BCUT2D eigenvalue weighted by Gasteiger charge is 2.36. The van der Waals surface area contributed by atoms with Crippen molar-refractivity contribution < 1.29 is 22.8 Å². The van der Waals surface area contributed by atoms with E-state index < -0.39 is 28.8 Å². The number of amides is 2. The van der Waals surface area contributed by atoms with Crippen LogP contribution in [0.15, 0.2) is 59.5 Å². The molecule has 10 nitrogen and oxygen atoms in total. The van der Waals surface area contributed by atoms with E-state index in [1.54, 1.807) is 6.07 Å². The second-order valence-corrected chi connectivity index (χ2v) is 14.3. The molecule has 0 saturated carbocycles. The van der Waals surface area contributed by atoms with E-state index in [2.05, 4.69) is 37.1 Å². The molecule has 0 radical (unpaired) electrons. The van der Waals surface area contributed by atoms with Gasteiger partial charge in [0, 0.05) is 77.6 Å². The van der Waals surface area contributed by atoms with Crippen molar-refractivity contribution in [2.45, 2.75) is 70.5 Å². The number of pyridine rings is 1. The van der Waals surface area contributed by atoms with Crippen molar-refractivity contribution in [1.82, 2.24) is 19.7 Å². The fraction of sp³-hybridized carbons (Fsp3) is 0.525. The molecule has 0 atom stereocenters. The molecule has 2 saturated heterocycles. The summed E-state index contributed by atoms with van der Waals surface area (Å²) in [7, 11) is 2.03. The van der Waals surface area contributed by atoms with Crippen LogP contribution in [-0.2, 0) is 17.5 Å². The van der Waals surface area contributed by atoms with E-state index in [0.29, 0.717) is 50.0 Å². The smallest absolute Gasteiger partial charge is 0.367 e. The standard InChI is InChI=1S/C40H54F3N7O3/c1-47-17-21-49(22-18-47)36-15-14-32(26-35(36)46-39(53)33-28-45-37(51)27-34(33)40(41,42)43)31-12-10-11-30(25-31)29-48-19-23-50(24-20-48)38(52)13-8-6-4-2-3-5-7-9-16-44/h10-12,14-15,25-28H,2-9,13,16-24,29,44H2,1H3,(H,45,51)(H,46,53). The van der Waals surface area contributed by atoms with Crippen LogP contribution in [0.25, 0.3) is 11.1 Å². The Bertz CT molecular complexity index is 1710. The summed E-state index contributed by atoms with van der Waals surface area (Å²) in [6.45, 7) is 7.47. The molecule has 5 rings (SSSR count). The van der Waals surface area contributed by atoms with Gasteiger partial charge < -0.3 is 30.7 Å². The number of alkyl halides is 3. The predicted octanol–water partition coefficient (Wildman–Crippen LogP) is 6.18. The number of benzene rings is 2. The number of halogens is 3. The Hall–Kier alpha value is -4.20. The fourth-order valence-corrected chi connectivity index (χ4v) is 7.12. The number of unbranched alkanes of at least 4 members (excludes halogenated alkanes) is 7. The quantitative estimate of drug-likeness (QED) is 0.151. The molecule has 4 N–H and O–H groups in total. The van der Waals surface area contributed by atoms with Crippen LogP contribution >= 0.6 is 0 Å². The number of hydrogen-bond acceptors (Lipinski definition) is 7. The number of nitrogens with zero attached hydrogens (tertiary/aromatic N) is 4. The number of nitrogens with two attached hydrogens (primary N) is 1. The summed E-state index contributed by atoms with van der Waals surface area (Å²) < 4.78 is 41.5. The van der Waals surface area contributed by atoms with E-state index in [9.17, 15) is 27.6 Å². The lowest BCUT2D eigenvalue weighted by atomic mass is 10.0. The summed E-state index contributed by atoms with van der Waals surface area (Å²) >= 11 is 0. The first-order chi connectivity index (χ1) is 25.5. The Labute approximate surface area is 310 Å². The topological polar surface area (TPSA) is 118 Å². The maximum Gasteiger partial charge on any atom is 0.417 e. The Morgan fingerprint density at radius 3 is 2.15 bits per heavy atom. The van der Waals surface area contributed by atoms with Crippen molar-refractivity contribution in [2.75, 3.05) is 76.2 Å². The van der Waals surface area contributed by atoms with Gasteiger partial charge in [-0.1, -0.05) is 62.8 Å². The molecule has 3 aromatic rings. The van der Waals surface area contributed by atoms with Crippen LogP contribution in [0.4, 0.5) is 24.5 Å². The third-order valence-electron chi connectivity index (χ3n) is 10.3. The summed E-state index contributed by atoms with van der Waals surface area (Å²) in [5.74, 6) is -0.718. The minimum Gasteiger partial charge on any atom is -0.367 e. The molecule has 2 aromatic carbocycles. The second-order valence-electron chi connectivity index (χ2n) is 14.3. The first kappa shape index (κ1) is 40.0. The van der Waals surface area contributed by atoms with Crippen LogP contribution in [0, 0.1) is 0 Å². The molecule has 0 aliphatic carbocycles. The lowest BCUT2D eigenvalue weighted by molar-refractivity contribution is -0.138. The normalized spacial score (nSPS) is 15.9.